The molecule has 0 saturated heterocycles. The van der Waals surface area contributed by atoms with Gasteiger partial charge in [0, 0.05) is 24.9 Å². The fraction of sp³-hybridized carbons (Fsp3) is 0.333. The van der Waals surface area contributed by atoms with Crippen LogP contribution in [0.2, 0.25) is 0 Å². The van der Waals surface area contributed by atoms with Gasteiger partial charge < -0.3 is 14.8 Å². The van der Waals surface area contributed by atoms with E-state index in [0.29, 0.717) is 34.0 Å². The number of rotatable bonds is 6. The molecule has 1 aromatic carbocycles. The van der Waals surface area contributed by atoms with Gasteiger partial charge in [0.05, 0.1) is 18.2 Å². The number of aryl methyl sites for hydroxylation is 1. The molecular formula is C15H18BrN3O3. The van der Waals surface area contributed by atoms with E-state index in [2.05, 4.69) is 26.3 Å². The Kier molecular flexibility index (Phi) is 5.43. The van der Waals surface area contributed by atoms with Crippen LogP contribution < -0.4 is 14.8 Å². The van der Waals surface area contributed by atoms with Crippen molar-refractivity contribution in [1.82, 2.24) is 9.78 Å². The van der Waals surface area contributed by atoms with E-state index in [1.54, 1.807) is 43.2 Å². The zero-order valence-electron chi connectivity index (χ0n) is 12.7. The molecule has 6 nitrogen and oxygen atoms in total. The third-order valence-electron chi connectivity index (χ3n) is 2.90. The predicted molar refractivity (Wildman–Crippen MR) is 87.6 cm³/mol. The second-order valence-electron chi connectivity index (χ2n) is 4.67. The summed E-state index contributed by atoms with van der Waals surface area (Å²) in [6, 6.07) is 5.07. The summed E-state index contributed by atoms with van der Waals surface area (Å²) < 4.78 is 13.3. The molecule has 7 heteroatoms. The number of methoxy groups -OCH3 is 1. The highest BCUT2D eigenvalue weighted by Crippen LogP contribution is 2.36. The first kappa shape index (κ1) is 16.4. The molecule has 0 atom stereocenters. The number of ether oxygens (including phenoxy) is 2. The van der Waals surface area contributed by atoms with Crippen molar-refractivity contribution in [3.05, 3.63) is 34.4 Å². The number of amides is 1. The maximum absolute atomic E-state index is 12.3. The van der Waals surface area contributed by atoms with Gasteiger partial charge in [0.15, 0.2) is 17.3 Å². The van der Waals surface area contributed by atoms with Gasteiger partial charge in [0.2, 0.25) is 0 Å². The van der Waals surface area contributed by atoms with Gasteiger partial charge in [-0.05, 0) is 34.5 Å². The van der Waals surface area contributed by atoms with Crippen molar-refractivity contribution < 1.29 is 14.3 Å². The average Bonchev–Trinajstić information content (AvgIpc) is 2.90. The molecule has 1 heterocycles. The Labute approximate surface area is 137 Å². The van der Waals surface area contributed by atoms with Crippen LogP contribution in [0.5, 0.6) is 11.5 Å². The molecule has 2 rings (SSSR count). The molecule has 118 valence electrons. The van der Waals surface area contributed by atoms with E-state index in [1.165, 1.54) is 0 Å². The van der Waals surface area contributed by atoms with Crippen molar-refractivity contribution in [2.45, 2.75) is 13.3 Å². The number of benzene rings is 1. The number of hydrogen-bond acceptors (Lipinski definition) is 4. The SMILES string of the molecule is CCCOc1c(Br)cc(C(=O)Nc2ccn(C)n2)cc1OC. The number of anilines is 1. The minimum Gasteiger partial charge on any atom is -0.493 e. The minimum atomic E-state index is -0.264. The molecule has 0 fully saturated rings. The summed E-state index contributed by atoms with van der Waals surface area (Å²) in [5.41, 5.74) is 0.457. The highest BCUT2D eigenvalue weighted by Gasteiger charge is 2.16. The van der Waals surface area contributed by atoms with Crippen LogP contribution in [0.25, 0.3) is 0 Å². The molecular weight excluding hydrogens is 350 g/mol. The van der Waals surface area contributed by atoms with Crippen LogP contribution in [0, 0.1) is 0 Å². The van der Waals surface area contributed by atoms with Gasteiger partial charge in [0.1, 0.15) is 0 Å². The number of carbonyl (C=O) groups excluding carboxylic acids is 1. The van der Waals surface area contributed by atoms with Crippen LogP contribution in [0.4, 0.5) is 5.82 Å². The number of hydrogen-bond donors (Lipinski definition) is 1. The summed E-state index contributed by atoms with van der Waals surface area (Å²) in [6.07, 6.45) is 2.64. The first-order valence-corrected chi connectivity index (χ1v) is 7.65. The molecule has 0 aliphatic carbocycles. The van der Waals surface area contributed by atoms with Crippen molar-refractivity contribution in [3.8, 4) is 11.5 Å². The van der Waals surface area contributed by atoms with Gasteiger partial charge in [-0.3, -0.25) is 9.48 Å². The normalized spacial score (nSPS) is 10.4. The Hall–Kier alpha value is -2.02. The van der Waals surface area contributed by atoms with Crippen molar-refractivity contribution in [1.29, 1.82) is 0 Å². The van der Waals surface area contributed by atoms with Gasteiger partial charge in [-0.1, -0.05) is 6.92 Å². The van der Waals surface area contributed by atoms with Crippen LogP contribution in [-0.4, -0.2) is 29.4 Å². The van der Waals surface area contributed by atoms with Gasteiger partial charge in [-0.2, -0.15) is 5.10 Å². The van der Waals surface area contributed by atoms with Gasteiger partial charge in [0.25, 0.3) is 5.91 Å². The van der Waals surface area contributed by atoms with E-state index in [-0.39, 0.29) is 5.91 Å². The molecule has 1 amide bonds. The molecule has 1 aromatic heterocycles. The van der Waals surface area contributed by atoms with Crippen molar-refractivity contribution in [2.75, 3.05) is 19.0 Å². The molecule has 22 heavy (non-hydrogen) atoms. The van der Waals surface area contributed by atoms with E-state index >= 15 is 0 Å². The quantitative estimate of drug-likeness (QED) is 0.850. The first-order valence-electron chi connectivity index (χ1n) is 6.86. The van der Waals surface area contributed by atoms with Gasteiger partial charge >= 0.3 is 0 Å². The topological polar surface area (TPSA) is 65.4 Å². The van der Waals surface area contributed by atoms with Gasteiger partial charge in [-0.15, -0.1) is 0 Å². The molecule has 0 aliphatic rings. The summed E-state index contributed by atoms with van der Waals surface area (Å²) in [7, 11) is 3.33. The van der Waals surface area contributed by atoms with Crippen LogP contribution in [0.3, 0.4) is 0 Å². The van der Waals surface area contributed by atoms with Gasteiger partial charge in [-0.25, -0.2) is 0 Å². The molecule has 0 aliphatic heterocycles. The lowest BCUT2D eigenvalue weighted by molar-refractivity contribution is 0.102. The van der Waals surface area contributed by atoms with E-state index in [0.717, 1.165) is 6.42 Å². The lowest BCUT2D eigenvalue weighted by Gasteiger charge is -2.13. The zero-order chi connectivity index (χ0) is 16.1. The maximum atomic E-state index is 12.3. The molecule has 0 spiro atoms. The Bertz CT molecular complexity index is 670. The molecule has 2 aromatic rings. The second-order valence-corrected chi connectivity index (χ2v) is 5.52. The number of halogens is 1. The van der Waals surface area contributed by atoms with Crippen molar-refractivity contribution >= 4 is 27.7 Å². The maximum Gasteiger partial charge on any atom is 0.257 e. The average molecular weight is 368 g/mol. The Morgan fingerprint density at radius 3 is 2.82 bits per heavy atom. The Morgan fingerprint density at radius 2 is 2.23 bits per heavy atom. The highest BCUT2D eigenvalue weighted by atomic mass is 79.9. The summed E-state index contributed by atoms with van der Waals surface area (Å²) in [4.78, 5) is 12.3. The number of nitrogens with one attached hydrogen (secondary N) is 1. The fourth-order valence-corrected chi connectivity index (χ4v) is 2.42. The third kappa shape index (κ3) is 3.79. The third-order valence-corrected chi connectivity index (χ3v) is 3.49. The molecule has 0 radical (unpaired) electrons. The Balaban J connectivity index is 2.23. The van der Waals surface area contributed by atoms with Crippen LogP contribution in [0.15, 0.2) is 28.9 Å². The second kappa shape index (κ2) is 7.31. The fourth-order valence-electron chi connectivity index (χ4n) is 1.87. The summed E-state index contributed by atoms with van der Waals surface area (Å²) in [5, 5.41) is 6.85. The van der Waals surface area contributed by atoms with E-state index in [4.69, 9.17) is 9.47 Å². The molecule has 0 saturated carbocycles. The first-order chi connectivity index (χ1) is 10.5. The zero-order valence-corrected chi connectivity index (χ0v) is 14.3. The van der Waals surface area contributed by atoms with Crippen LogP contribution in [-0.2, 0) is 7.05 Å². The number of nitrogens with zero attached hydrogens (tertiary/aromatic N) is 2. The van der Waals surface area contributed by atoms with E-state index in [9.17, 15) is 4.79 Å². The van der Waals surface area contributed by atoms with Crippen LogP contribution >= 0.6 is 15.9 Å². The lowest BCUT2D eigenvalue weighted by atomic mass is 10.2. The van der Waals surface area contributed by atoms with Crippen LogP contribution in [0.1, 0.15) is 23.7 Å². The standard InChI is InChI=1S/C15H18BrN3O3/c1-4-7-22-14-11(16)8-10(9-12(14)21-3)15(20)17-13-5-6-19(2)18-13/h5-6,8-9H,4,7H2,1-3H3,(H,17,18,20). The van der Waals surface area contributed by atoms with E-state index < -0.39 is 0 Å². The molecule has 0 unspecified atom stereocenters. The van der Waals surface area contributed by atoms with Crippen molar-refractivity contribution in [3.63, 3.8) is 0 Å². The highest BCUT2D eigenvalue weighted by molar-refractivity contribution is 9.10. The summed E-state index contributed by atoms with van der Waals surface area (Å²) >= 11 is 3.42. The largest absolute Gasteiger partial charge is 0.493 e. The monoisotopic (exact) mass is 367 g/mol. The molecule has 1 N–H and O–H groups in total. The van der Waals surface area contributed by atoms with Crippen molar-refractivity contribution in [2.24, 2.45) is 7.05 Å². The lowest BCUT2D eigenvalue weighted by Crippen LogP contribution is -2.13. The minimum absolute atomic E-state index is 0.264. The Morgan fingerprint density at radius 1 is 1.45 bits per heavy atom. The summed E-state index contributed by atoms with van der Waals surface area (Å²) in [5.74, 6) is 1.33. The summed E-state index contributed by atoms with van der Waals surface area (Å²) in [6.45, 7) is 2.60. The molecule has 0 bridgehead atoms. The smallest absolute Gasteiger partial charge is 0.257 e. The van der Waals surface area contributed by atoms with E-state index in [1.807, 2.05) is 6.92 Å². The predicted octanol–water partition coefficient (Wildman–Crippen LogP) is 3.23. The number of aromatic nitrogens is 2. The number of carbonyl (C=O) groups is 1.